The Morgan fingerprint density at radius 3 is 2.79 bits per heavy atom. The minimum atomic E-state index is -1.22. The number of carboxylic acids is 1. The van der Waals surface area contributed by atoms with E-state index >= 15 is 0 Å². The standard InChI is InChI=1S/C14H16N2O3/c1-2-10(12(15)14(17)18)13-16-11(8-19-13)9-6-4-3-5-7-9/h3-7,10-11,15H,2,8H2,1H3,(H,17,18)/t10-,11-/m0/s1. The molecule has 100 valence electrons. The summed E-state index contributed by atoms with van der Waals surface area (Å²) in [7, 11) is 0. The van der Waals surface area contributed by atoms with Gasteiger partial charge in [0.1, 0.15) is 18.4 Å². The molecular weight excluding hydrogens is 244 g/mol. The highest BCUT2D eigenvalue weighted by atomic mass is 16.5. The molecule has 0 bridgehead atoms. The van der Waals surface area contributed by atoms with Crippen molar-refractivity contribution in [3.8, 4) is 0 Å². The zero-order valence-corrected chi connectivity index (χ0v) is 10.7. The summed E-state index contributed by atoms with van der Waals surface area (Å²) in [6, 6.07) is 9.61. The Labute approximate surface area is 111 Å². The Morgan fingerprint density at radius 2 is 2.21 bits per heavy atom. The zero-order valence-electron chi connectivity index (χ0n) is 10.7. The maximum absolute atomic E-state index is 10.9. The van der Waals surface area contributed by atoms with Gasteiger partial charge >= 0.3 is 5.97 Å². The molecule has 0 amide bonds. The molecule has 1 aliphatic heterocycles. The molecule has 2 atom stereocenters. The predicted molar refractivity (Wildman–Crippen MR) is 71.7 cm³/mol. The molecule has 0 aromatic heterocycles. The topological polar surface area (TPSA) is 82.7 Å². The molecular formula is C14H16N2O3. The molecule has 0 aliphatic carbocycles. The number of rotatable bonds is 5. The quantitative estimate of drug-likeness (QED) is 0.797. The van der Waals surface area contributed by atoms with Crippen LogP contribution in [-0.4, -0.2) is 29.3 Å². The summed E-state index contributed by atoms with van der Waals surface area (Å²) >= 11 is 0. The minimum absolute atomic E-state index is 0.105. The van der Waals surface area contributed by atoms with Gasteiger partial charge in [-0.05, 0) is 12.0 Å². The number of hydrogen-bond donors (Lipinski definition) is 2. The second-order valence-corrected chi connectivity index (χ2v) is 4.38. The Hall–Kier alpha value is -2.17. The summed E-state index contributed by atoms with van der Waals surface area (Å²) in [4.78, 5) is 15.3. The van der Waals surface area contributed by atoms with Crippen LogP contribution in [0.25, 0.3) is 0 Å². The molecule has 2 rings (SSSR count). The number of nitrogens with one attached hydrogen (secondary N) is 1. The van der Waals surface area contributed by atoms with E-state index in [-0.39, 0.29) is 11.8 Å². The summed E-state index contributed by atoms with van der Waals surface area (Å²) in [6.45, 7) is 2.23. The first-order valence-corrected chi connectivity index (χ1v) is 6.20. The van der Waals surface area contributed by atoms with Gasteiger partial charge in [0.25, 0.3) is 0 Å². The van der Waals surface area contributed by atoms with Crippen molar-refractivity contribution in [3.05, 3.63) is 35.9 Å². The number of aliphatic imine (C=N–C) groups is 1. The van der Waals surface area contributed by atoms with E-state index in [0.29, 0.717) is 18.9 Å². The number of nitrogens with zero attached hydrogens (tertiary/aromatic N) is 1. The van der Waals surface area contributed by atoms with Gasteiger partial charge < -0.3 is 9.84 Å². The van der Waals surface area contributed by atoms with Gasteiger partial charge in [0.05, 0.1) is 5.92 Å². The van der Waals surface area contributed by atoms with E-state index in [1.54, 1.807) is 0 Å². The average molecular weight is 260 g/mol. The summed E-state index contributed by atoms with van der Waals surface area (Å²) in [5.41, 5.74) is 0.671. The molecule has 2 N–H and O–H groups in total. The monoisotopic (exact) mass is 260 g/mol. The first-order valence-electron chi connectivity index (χ1n) is 6.20. The number of benzene rings is 1. The fraction of sp³-hybridized carbons (Fsp3) is 0.357. The van der Waals surface area contributed by atoms with Crippen LogP contribution in [0.5, 0.6) is 0 Å². The molecule has 5 nitrogen and oxygen atoms in total. The van der Waals surface area contributed by atoms with E-state index in [4.69, 9.17) is 15.3 Å². The second-order valence-electron chi connectivity index (χ2n) is 4.38. The summed E-state index contributed by atoms with van der Waals surface area (Å²) < 4.78 is 5.49. The molecule has 0 saturated carbocycles. The smallest absolute Gasteiger partial charge is 0.350 e. The normalized spacial score (nSPS) is 19.4. The van der Waals surface area contributed by atoms with E-state index < -0.39 is 11.9 Å². The van der Waals surface area contributed by atoms with Crippen LogP contribution in [0.4, 0.5) is 0 Å². The number of aliphatic carboxylic acids is 1. The molecule has 5 heteroatoms. The van der Waals surface area contributed by atoms with Crippen molar-refractivity contribution >= 4 is 17.6 Å². The number of hydrogen-bond acceptors (Lipinski definition) is 4. The molecule has 1 aromatic rings. The lowest BCUT2D eigenvalue weighted by Crippen LogP contribution is -2.29. The Morgan fingerprint density at radius 1 is 1.53 bits per heavy atom. The third-order valence-electron chi connectivity index (χ3n) is 3.14. The third-order valence-corrected chi connectivity index (χ3v) is 3.14. The lowest BCUT2D eigenvalue weighted by atomic mass is 10.0. The molecule has 1 aliphatic rings. The Kier molecular flexibility index (Phi) is 3.94. The fourth-order valence-corrected chi connectivity index (χ4v) is 2.08. The molecule has 0 fully saturated rings. The number of ether oxygens (including phenoxy) is 1. The van der Waals surface area contributed by atoms with Crippen LogP contribution in [0.3, 0.4) is 0 Å². The van der Waals surface area contributed by atoms with Crippen molar-refractivity contribution in [2.24, 2.45) is 10.9 Å². The highest BCUT2D eigenvalue weighted by Crippen LogP contribution is 2.26. The Balaban J connectivity index is 2.18. The van der Waals surface area contributed by atoms with Crippen LogP contribution < -0.4 is 0 Å². The van der Waals surface area contributed by atoms with Crippen LogP contribution in [0, 0.1) is 11.3 Å². The van der Waals surface area contributed by atoms with Crippen LogP contribution >= 0.6 is 0 Å². The van der Waals surface area contributed by atoms with Gasteiger partial charge in [-0.15, -0.1) is 0 Å². The first-order chi connectivity index (χ1) is 9.13. The average Bonchev–Trinajstić information content (AvgIpc) is 2.90. The van der Waals surface area contributed by atoms with Crippen molar-refractivity contribution in [3.63, 3.8) is 0 Å². The van der Waals surface area contributed by atoms with E-state index in [2.05, 4.69) is 4.99 Å². The SMILES string of the molecule is CC[C@@H](C(=N)C(=O)O)C1=N[C@H](c2ccccc2)CO1. The number of carbonyl (C=O) groups is 1. The third kappa shape index (κ3) is 2.81. The fourth-order valence-electron chi connectivity index (χ4n) is 2.08. The van der Waals surface area contributed by atoms with Crippen LogP contribution in [-0.2, 0) is 9.53 Å². The van der Waals surface area contributed by atoms with E-state index in [0.717, 1.165) is 5.56 Å². The summed E-state index contributed by atoms with van der Waals surface area (Å²) in [6.07, 6.45) is 0.492. The molecule has 0 saturated heterocycles. The van der Waals surface area contributed by atoms with Gasteiger partial charge in [0.2, 0.25) is 0 Å². The van der Waals surface area contributed by atoms with E-state index in [1.807, 2.05) is 37.3 Å². The zero-order chi connectivity index (χ0) is 13.8. The van der Waals surface area contributed by atoms with Gasteiger partial charge in [0, 0.05) is 0 Å². The van der Waals surface area contributed by atoms with Gasteiger partial charge in [0.15, 0.2) is 5.90 Å². The van der Waals surface area contributed by atoms with Crippen molar-refractivity contribution in [2.75, 3.05) is 6.61 Å². The second kappa shape index (κ2) is 5.65. The maximum Gasteiger partial charge on any atom is 0.350 e. The predicted octanol–water partition coefficient (Wildman–Crippen LogP) is 2.29. The lowest BCUT2D eigenvalue weighted by Gasteiger charge is -2.12. The maximum atomic E-state index is 10.9. The first kappa shape index (κ1) is 13.3. The van der Waals surface area contributed by atoms with Crippen molar-refractivity contribution in [1.82, 2.24) is 0 Å². The van der Waals surface area contributed by atoms with Crippen molar-refractivity contribution in [2.45, 2.75) is 19.4 Å². The van der Waals surface area contributed by atoms with Crippen LogP contribution in [0.15, 0.2) is 35.3 Å². The molecule has 0 spiro atoms. The Bertz CT molecular complexity index is 511. The van der Waals surface area contributed by atoms with Gasteiger partial charge in [-0.1, -0.05) is 37.3 Å². The van der Waals surface area contributed by atoms with Gasteiger partial charge in [-0.2, -0.15) is 0 Å². The molecule has 0 unspecified atom stereocenters. The minimum Gasteiger partial charge on any atom is -0.478 e. The molecule has 19 heavy (non-hydrogen) atoms. The molecule has 1 aromatic carbocycles. The highest BCUT2D eigenvalue weighted by molar-refractivity contribution is 6.38. The van der Waals surface area contributed by atoms with Crippen LogP contribution in [0.2, 0.25) is 0 Å². The highest BCUT2D eigenvalue weighted by Gasteiger charge is 2.31. The van der Waals surface area contributed by atoms with E-state index in [9.17, 15) is 4.79 Å². The van der Waals surface area contributed by atoms with Crippen LogP contribution in [0.1, 0.15) is 24.9 Å². The van der Waals surface area contributed by atoms with Gasteiger partial charge in [-0.25, -0.2) is 9.79 Å². The van der Waals surface area contributed by atoms with E-state index in [1.165, 1.54) is 0 Å². The lowest BCUT2D eigenvalue weighted by molar-refractivity contribution is -0.129. The number of carboxylic acid groups (broad SMARTS) is 1. The van der Waals surface area contributed by atoms with Crippen molar-refractivity contribution < 1.29 is 14.6 Å². The summed E-state index contributed by atoms with van der Waals surface area (Å²) in [5.74, 6) is -1.42. The van der Waals surface area contributed by atoms with Gasteiger partial charge in [-0.3, -0.25) is 5.41 Å². The molecule has 1 heterocycles. The molecule has 0 radical (unpaired) electrons. The van der Waals surface area contributed by atoms with Crippen molar-refractivity contribution in [1.29, 1.82) is 5.41 Å². The summed E-state index contributed by atoms with van der Waals surface area (Å²) in [5, 5.41) is 16.5. The largest absolute Gasteiger partial charge is 0.478 e.